The number of anilines is 1. The first-order valence-electron chi connectivity index (χ1n) is 9.57. The molecule has 2 unspecified atom stereocenters. The van der Waals surface area contributed by atoms with E-state index in [1.165, 1.54) is 6.07 Å². The molecule has 148 valence electrons. The molecule has 0 spiro atoms. The fourth-order valence-corrected chi connectivity index (χ4v) is 3.93. The topological polar surface area (TPSA) is 81.6 Å². The van der Waals surface area contributed by atoms with Crippen LogP contribution in [0.25, 0.3) is 0 Å². The van der Waals surface area contributed by atoms with Crippen molar-refractivity contribution in [2.45, 2.75) is 25.8 Å². The van der Waals surface area contributed by atoms with Crippen LogP contribution in [0, 0.1) is 17.0 Å². The lowest BCUT2D eigenvalue weighted by atomic mass is 9.99. The minimum Gasteiger partial charge on any atom is -0.349 e. The highest BCUT2D eigenvalue weighted by Crippen LogP contribution is 2.40. The molecule has 1 aliphatic heterocycles. The molecule has 0 saturated carbocycles. The summed E-state index contributed by atoms with van der Waals surface area (Å²) in [5.74, 6) is 0. The van der Waals surface area contributed by atoms with Gasteiger partial charge in [-0.15, -0.1) is 0 Å². The average molecular weight is 389 g/mol. The Balaban J connectivity index is 1.76. The molecule has 1 aliphatic rings. The number of benzene rings is 3. The molecule has 29 heavy (non-hydrogen) atoms. The third-order valence-corrected chi connectivity index (χ3v) is 5.36. The Morgan fingerprint density at radius 3 is 2.59 bits per heavy atom. The number of ether oxygens (including phenoxy) is 1. The maximum atomic E-state index is 11.6. The summed E-state index contributed by atoms with van der Waals surface area (Å²) in [6, 6.07) is 22.4. The number of aryl methyl sites for hydroxylation is 1. The van der Waals surface area contributed by atoms with E-state index in [4.69, 9.17) is 10.5 Å². The SMILES string of the molecule is Cc1ccccc1C(N)CN1c2ccccc2COC1c1ccccc1[N+](=O)[O-]. The molecule has 2 N–H and O–H groups in total. The van der Waals surface area contributed by atoms with Gasteiger partial charge in [-0.1, -0.05) is 54.6 Å². The quantitative estimate of drug-likeness (QED) is 0.508. The number of para-hydroxylation sites is 2. The van der Waals surface area contributed by atoms with Gasteiger partial charge in [-0.05, 0) is 30.2 Å². The molecule has 0 bridgehead atoms. The van der Waals surface area contributed by atoms with E-state index in [2.05, 4.69) is 0 Å². The smallest absolute Gasteiger partial charge is 0.277 e. The summed E-state index contributed by atoms with van der Waals surface area (Å²) in [6.07, 6.45) is -0.582. The van der Waals surface area contributed by atoms with Gasteiger partial charge < -0.3 is 15.4 Å². The molecule has 0 radical (unpaired) electrons. The zero-order valence-electron chi connectivity index (χ0n) is 16.2. The van der Waals surface area contributed by atoms with Crippen molar-refractivity contribution in [2.75, 3.05) is 11.4 Å². The summed E-state index contributed by atoms with van der Waals surface area (Å²) < 4.78 is 6.13. The fourth-order valence-electron chi connectivity index (χ4n) is 3.93. The largest absolute Gasteiger partial charge is 0.349 e. The zero-order valence-corrected chi connectivity index (χ0v) is 16.2. The van der Waals surface area contributed by atoms with Crippen LogP contribution in [-0.4, -0.2) is 11.5 Å². The van der Waals surface area contributed by atoms with Gasteiger partial charge in [-0.2, -0.15) is 0 Å². The molecule has 0 fully saturated rings. The lowest BCUT2D eigenvalue weighted by Gasteiger charge is -2.40. The van der Waals surface area contributed by atoms with Gasteiger partial charge in [0.05, 0.1) is 17.1 Å². The van der Waals surface area contributed by atoms with Crippen LogP contribution in [0.3, 0.4) is 0 Å². The molecular formula is C23H23N3O3. The number of nitro groups is 1. The highest BCUT2D eigenvalue weighted by Gasteiger charge is 2.33. The molecule has 0 aliphatic carbocycles. The predicted octanol–water partition coefficient (Wildman–Crippen LogP) is 4.64. The van der Waals surface area contributed by atoms with Crippen molar-refractivity contribution in [1.29, 1.82) is 0 Å². The molecule has 1 heterocycles. The first-order valence-corrected chi connectivity index (χ1v) is 9.57. The van der Waals surface area contributed by atoms with E-state index in [0.29, 0.717) is 18.7 Å². The Morgan fingerprint density at radius 1 is 1.10 bits per heavy atom. The van der Waals surface area contributed by atoms with Gasteiger partial charge in [0.1, 0.15) is 0 Å². The van der Waals surface area contributed by atoms with Crippen LogP contribution in [0.1, 0.15) is 34.5 Å². The minimum absolute atomic E-state index is 0.0475. The van der Waals surface area contributed by atoms with Crippen molar-refractivity contribution in [3.8, 4) is 0 Å². The van der Waals surface area contributed by atoms with Crippen LogP contribution in [-0.2, 0) is 11.3 Å². The third kappa shape index (κ3) is 3.72. The summed E-state index contributed by atoms with van der Waals surface area (Å²) in [6.45, 7) is 2.90. The maximum absolute atomic E-state index is 11.6. The number of hydrogen-bond acceptors (Lipinski definition) is 5. The average Bonchev–Trinajstić information content (AvgIpc) is 2.74. The van der Waals surface area contributed by atoms with Crippen molar-refractivity contribution in [3.63, 3.8) is 0 Å². The monoisotopic (exact) mass is 389 g/mol. The maximum Gasteiger partial charge on any atom is 0.277 e. The number of fused-ring (bicyclic) bond motifs is 1. The van der Waals surface area contributed by atoms with Crippen LogP contribution in [0.5, 0.6) is 0 Å². The number of rotatable bonds is 5. The van der Waals surface area contributed by atoms with E-state index in [-0.39, 0.29) is 16.7 Å². The van der Waals surface area contributed by atoms with Crippen LogP contribution in [0.4, 0.5) is 11.4 Å². The summed E-state index contributed by atoms with van der Waals surface area (Å²) in [5.41, 5.74) is 11.4. The minimum atomic E-state index is -0.582. The second kappa shape index (κ2) is 8.03. The summed E-state index contributed by atoms with van der Waals surface area (Å²) in [5, 5.41) is 11.6. The molecule has 2 atom stereocenters. The van der Waals surface area contributed by atoms with Crippen molar-refractivity contribution in [1.82, 2.24) is 0 Å². The Hall–Kier alpha value is -3.22. The van der Waals surface area contributed by atoms with E-state index >= 15 is 0 Å². The molecule has 0 saturated heterocycles. The van der Waals surface area contributed by atoms with E-state index in [1.807, 2.05) is 60.4 Å². The van der Waals surface area contributed by atoms with Crippen LogP contribution < -0.4 is 10.6 Å². The Morgan fingerprint density at radius 2 is 1.79 bits per heavy atom. The van der Waals surface area contributed by atoms with E-state index < -0.39 is 6.23 Å². The van der Waals surface area contributed by atoms with Gasteiger partial charge in [0.15, 0.2) is 6.23 Å². The third-order valence-electron chi connectivity index (χ3n) is 5.36. The molecule has 3 aromatic carbocycles. The van der Waals surface area contributed by atoms with Crippen LogP contribution in [0.2, 0.25) is 0 Å². The Labute approximate surface area is 169 Å². The van der Waals surface area contributed by atoms with Gasteiger partial charge in [0.2, 0.25) is 0 Å². The second-order valence-corrected chi connectivity index (χ2v) is 7.22. The van der Waals surface area contributed by atoms with Crippen molar-refractivity contribution < 1.29 is 9.66 Å². The van der Waals surface area contributed by atoms with Gasteiger partial charge in [0.25, 0.3) is 5.69 Å². The van der Waals surface area contributed by atoms with Crippen LogP contribution in [0.15, 0.2) is 72.8 Å². The first-order chi connectivity index (χ1) is 14.1. The van der Waals surface area contributed by atoms with Crippen molar-refractivity contribution in [3.05, 3.63) is 105 Å². The van der Waals surface area contributed by atoms with E-state index in [0.717, 1.165) is 22.4 Å². The molecule has 3 aromatic rings. The molecule has 6 nitrogen and oxygen atoms in total. The first kappa shape index (κ1) is 19.1. The normalized spacial score (nSPS) is 16.9. The molecule has 4 rings (SSSR count). The number of nitro benzene ring substituents is 1. The summed E-state index contributed by atoms with van der Waals surface area (Å²) in [7, 11) is 0. The Kier molecular flexibility index (Phi) is 5.29. The number of nitrogens with zero attached hydrogens (tertiary/aromatic N) is 2. The van der Waals surface area contributed by atoms with Gasteiger partial charge >= 0.3 is 0 Å². The van der Waals surface area contributed by atoms with Crippen molar-refractivity contribution in [2.24, 2.45) is 5.73 Å². The number of hydrogen-bond donors (Lipinski definition) is 1. The van der Waals surface area contributed by atoms with Crippen molar-refractivity contribution >= 4 is 11.4 Å². The molecule has 0 amide bonds. The second-order valence-electron chi connectivity index (χ2n) is 7.22. The zero-order chi connectivity index (χ0) is 20.4. The van der Waals surface area contributed by atoms with Gasteiger partial charge in [-0.25, -0.2) is 0 Å². The molecule has 0 aromatic heterocycles. The highest BCUT2D eigenvalue weighted by atomic mass is 16.6. The van der Waals surface area contributed by atoms with E-state index in [1.54, 1.807) is 18.2 Å². The van der Waals surface area contributed by atoms with E-state index in [9.17, 15) is 10.1 Å². The summed E-state index contributed by atoms with van der Waals surface area (Å²) in [4.78, 5) is 13.3. The lowest BCUT2D eigenvalue weighted by molar-refractivity contribution is -0.386. The standard InChI is InChI=1S/C23H23N3O3/c1-16-8-2-4-10-18(16)20(24)14-25-21-12-6-3-9-17(21)15-29-23(25)19-11-5-7-13-22(19)26(27)28/h2-13,20,23H,14-15,24H2,1H3. The fraction of sp³-hybridized carbons (Fsp3) is 0.217. The van der Waals surface area contributed by atoms with Gasteiger partial charge in [0, 0.05) is 29.9 Å². The molecular weight excluding hydrogens is 366 g/mol. The van der Waals surface area contributed by atoms with Crippen LogP contribution >= 0.6 is 0 Å². The predicted molar refractivity (Wildman–Crippen MR) is 113 cm³/mol. The summed E-state index contributed by atoms with van der Waals surface area (Å²) >= 11 is 0. The molecule has 6 heteroatoms. The highest BCUT2D eigenvalue weighted by molar-refractivity contribution is 5.58. The van der Waals surface area contributed by atoms with Gasteiger partial charge in [-0.3, -0.25) is 10.1 Å². The Bertz CT molecular complexity index is 1040. The number of nitrogens with two attached hydrogens (primary N) is 1. The lowest BCUT2D eigenvalue weighted by Crippen LogP contribution is -2.40.